The molecule has 0 bridgehead atoms. The second-order valence-electron chi connectivity index (χ2n) is 13.2. The van der Waals surface area contributed by atoms with Crippen molar-refractivity contribution in [1.29, 1.82) is 0 Å². The molecule has 0 atom stereocenters. The number of carbonyl (C=O) groups is 2. The Balaban J connectivity index is 1.39. The fraction of sp³-hybridized carbons (Fsp3) is 0.462. The van der Waals surface area contributed by atoms with Crippen LogP contribution >= 0.6 is 0 Å². The van der Waals surface area contributed by atoms with Crippen LogP contribution in [0, 0.1) is 6.92 Å². The molecule has 1 N–H and O–H groups in total. The monoisotopic (exact) mass is 653 g/mol. The lowest BCUT2D eigenvalue weighted by Gasteiger charge is -2.31. The van der Waals surface area contributed by atoms with Gasteiger partial charge >= 0.3 is 11.9 Å². The Labute approximate surface area is 282 Å². The molecule has 254 valence electrons. The third-order valence-electron chi connectivity index (χ3n) is 9.90. The van der Waals surface area contributed by atoms with E-state index in [1.165, 1.54) is 12.8 Å². The van der Waals surface area contributed by atoms with Gasteiger partial charge in [0.05, 0.1) is 22.5 Å². The number of hydrogen-bond acceptors (Lipinski definition) is 9. The quantitative estimate of drug-likeness (QED) is 0.262. The van der Waals surface area contributed by atoms with Crippen molar-refractivity contribution >= 4 is 22.9 Å². The summed E-state index contributed by atoms with van der Waals surface area (Å²) < 4.78 is 18.5. The van der Waals surface area contributed by atoms with Crippen molar-refractivity contribution in [3.8, 4) is 11.3 Å². The summed E-state index contributed by atoms with van der Waals surface area (Å²) in [7, 11) is 0. The van der Waals surface area contributed by atoms with Gasteiger partial charge in [0.1, 0.15) is 24.6 Å². The molecule has 1 aromatic heterocycles. The van der Waals surface area contributed by atoms with Crippen molar-refractivity contribution in [3.63, 3.8) is 0 Å². The Kier molecular flexibility index (Phi) is 10.8. The lowest BCUT2D eigenvalue weighted by Crippen LogP contribution is -2.36. The lowest BCUT2D eigenvalue weighted by atomic mass is 9.79. The average molecular weight is 654 g/mol. The van der Waals surface area contributed by atoms with Gasteiger partial charge in [-0.05, 0) is 78.7 Å². The van der Waals surface area contributed by atoms with E-state index in [9.17, 15) is 14.4 Å². The predicted molar refractivity (Wildman–Crippen MR) is 186 cm³/mol. The highest BCUT2D eigenvalue weighted by Crippen LogP contribution is 2.42. The first-order valence-electron chi connectivity index (χ1n) is 17.4. The third-order valence-corrected chi connectivity index (χ3v) is 9.90. The average Bonchev–Trinajstić information content (AvgIpc) is 3.10. The van der Waals surface area contributed by atoms with Crippen LogP contribution in [0.5, 0.6) is 0 Å². The Morgan fingerprint density at radius 3 is 1.83 bits per heavy atom. The normalized spacial score (nSPS) is 18.2. The van der Waals surface area contributed by atoms with E-state index >= 15 is 0 Å². The molecule has 2 saturated heterocycles. The molecule has 4 heterocycles. The van der Waals surface area contributed by atoms with Crippen LogP contribution in [-0.4, -0.2) is 74.2 Å². The summed E-state index contributed by atoms with van der Waals surface area (Å²) in [6.45, 7) is 11.2. The van der Waals surface area contributed by atoms with Crippen LogP contribution in [0.3, 0.4) is 0 Å². The second-order valence-corrected chi connectivity index (χ2v) is 13.2. The predicted octanol–water partition coefficient (Wildman–Crippen LogP) is 6.06. The SMILES string of the molecule is CC1=C(C(=O)OCCN2CCCCC2)C(c2cccc3c(=O)c(C)c(-c4ccccc4)oc23)C(C(=O)OCCN2CCCCC2)=C(C)N1. The van der Waals surface area contributed by atoms with Crippen LogP contribution in [0.25, 0.3) is 22.3 Å². The number of dihydropyridines is 1. The molecule has 6 rings (SSSR count). The van der Waals surface area contributed by atoms with E-state index in [0.717, 1.165) is 57.4 Å². The van der Waals surface area contributed by atoms with Crippen molar-refractivity contribution in [1.82, 2.24) is 15.1 Å². The zero-order valence-corrected chi connectivity index (χ0v) is 28.4. The maximum absolute atomic E-state index is 14.1. The summed E-state index contributed by atoms with van der Waals surface area (Å²) >= 11 is 0. The topological polar surface area (TPSA) is 101 Å². The first kappa shape index (κ1) is 33.7. The molecule has 3 aromatic rings. The first-order chi connectivity index (χ1) is 23.3. The summed E-state index contributed by atoms with van der Waals surface area (Å²) in [6, 6.07) is 14.8. The maximum Gasteiger partial charge on any atom is 0.336 e. The summed E-state index contributed by atoms with van der Waals surface area (Å²) in [5, 5.41) is 3.65. The fourth-order valence-electron chi connectivity index (χ4n) is 7.33. The number of carbonyl (C=O) groups excluding carboxylic acids is 2. The number of para-hydroxylation sites is 1. The van der Waals surface area contributed by atoms with Crippen molar-refractivity contribution in [2.24, 2.45) is 0 Å². The van der Waals surface area contributed by atoms with Gasteiger partial charge in [0.25, 0.3) is 0 Å². The van der Waals surface area contributed by atoms with Gasteiger partial charge in [-0.25, -0.2) is 9.59 Å². The van der Waals surface area contributed by atoms with E-state index < -0.39 is 17.9 Å². The fourth-order valence-corrected chi connectivity index (χ4v) is 7.33. The molecule has 3 aliphatic rings. The summed E-state index contributed by atoms with van der Waals surface area (Å²) in [6.07, 6.45) is 7.04. The van der Waals surface area contributed by atoms with Gasteiger partial charge < -0.3 is 19.2 Å². The smallest absolute Gasteiger partial charge is 0.336 e. The highest BCUT2D eigenvalue weighted by molar-refractivity contribution is 6.01. The molecule has 9 heteroatoms. The number of benzene rings is 2. The molecule has 3 aliphatic heterocycles. The van der Waals surface area contributed by atoms with Crippen molar-refractivity contribution in [2.45, 2.75) is 65.2 Å². The number of esters is 2. The van der Waals surface area contributed by atoms with Crippen LogP contribution in [0.2, 0.25) is 0 Å². The van der Waals surface area contributed by atoms with Gasteiger partial charge in [-0.1, -0.05) is 55.3 Å². The van der Waals surface area contributed by atoms with Crippen LogP contribution in [-0.2, 0) is 19.1 Å². The first-order valence-corrected chi connectivity index (χ1v) is 17.4. The number of nitrogens with zero attached hydrogens (tertiary/aromatic N) is 2. The number of hydrogen-bond donors (Lipinski definition) is 1. The van der Waals surface area contributed by atoms with Gasteiger partial charge in [-0.3, -0.25) is 14.6 Å². The minimum absolute atomic E-state index is 0.163. The molecule has 0 unspecified atom stereocenters. The van der Waals surface area contributed by atoms with E-state index in [4.69, 9.17) is 13.9 Å². The Morgan fingerprint density at radius 2 is 1.29 bits per heavy atom. The van der Waals surface area contributed by atoms with E-state index in [1.807, 2.05) is 50.2 Å². The summed E-state index contributed by atoms with van der Waals surface area (Å²) in [5.41, 5.74) is 3.73. The molecule has 0 saturated carbocycles. The Morgan fingerprint density at radius 1 is 0.750 bits per heavy atom. The van der Waals surface area contributed by atoms with Gasteiger partial charge in [-0.2, -0.15) is 0 Å². The van der Waals surface area contributed by atoms with Gasteiger partial charge in [0.2, 0.25) is 0 Å². The lowest BCUT2D eigenvalue weighted by molar-refractivity contribution is -0.140. The Hall–Kier alpha value is -4.21. The summed E-state index contributed by atoms with van der Waals surface area (Å²) in [5.74, 6) is -1.45. The number of piperidine rings is 2. The highest BCUT2D eigenvalue weighted by Gasteiger charge is 2.40. The third kappa shape index (κ3) is 7.27. The molecule has 2 aromatic carbocycles. The van der Waals surface area contributed by atoms with E-state index in [0.29, 0.717) is 63.5 Å². The van der Waals surface area contributed by atoms with E-state index in [2.05, 4.69) is 15.1 Å². The highest BCUT2D eigenvalue weighted by atomic mass is 16.5. The standard InChI is InChI=1S/C39H47N3O6/c1-26-35(43)31-17-13-16-30(37(31)48-36(26)29-14-7-4-8-15-29)34-32(38(44)46-24-22-41-18-9-5-10-19-41)27(2)40-28(3)33(34)39(45)47-25-23-42-20-11-6-12-21-42/h4,7-8,13-17,34,40H,5-6,9-12,18-25H2,1-3H3. The minimum atomic E-state index is -0.880. The number of fused-ring (bicyclic) bond motifs is 1. The number of rotatable bonds is 10. The van der Waals surface area contributed by atoms with Crippen LogP contribution in [0.1, 0.15) is 69.4 Å². The zero-order valence-electron chi connectivity index (χ0n) is 28.4. The molecule has 0 radical (unpaired) electrons. The zero-order chi connectivity index (χ0) is 33.6. The molecule has 48 heavy (non-hydrogen) atoms. The molecule has 0 aliphatic carbocycles. The molecular formula is C39H47N3O6. The summed E-state index contributed by atoms with van der Waals surface area (Å²) in [4.78, 5) is 46.6. The van der Waals surface area contributed by atoms with Crippen molar-refractivity contribution in [2.75, 3.05) is 52.5 Å². The van der Waals surface area contributed by atoms with Gasteiger partial charge in [0.15, 0.2) is 5.43 Å². The van der Waals surface area contributed by atoms with Crippen molar-refractivity contribution in [3.05, 3.63) is 92.4 Å². The molecule has 0 spiro atoms. The number of likely N-dealkylation sites (tertiary alicyclic amines) is 2. The van der Waals surface area contributed by atoms with Crippen LogP contribution in [0.4, 0.5) is 0 Å². The van der Waals surface area contributed by atoms with Crippen molar-refractivity contribution < 1.29 is 23.5 Å². The minimum Gasteiger partial charge on any atom is -0.461 e. The van der Waals surface area contributed by atoms with E-state index in [1.54, 1.807) is 19.1 Å². The van der Waals surface area contributed by atoms with E-state index in [-0.39, 0.29) is 18.6 Å². The second kappa shape index (κ2) is 15.3. The number of nitrogens with one attached hydrogen (secondary N) is 1. The molecule has 2 fully saturated rings. The largest absolute Gasteiger partial charge is 0.461 e. The Bertz CT molecular complexity index is 1710. The molecule has 9 nitrogen and oxygen atoms in total. The number of allylic oxidation sites excluding steroid dienone is 2. The van der Waals surface area contributed by atoms with Gasteiger partial charge in [-0.15, -0.1) is 0 Å². The number of ether oxygens (including phenoxy) is 2. The van der Waals surface area contributed by atoms with Gasteiger partial charge in [0, 0.05) is 41.2 Å². The molecular weight excluding hydrogens is 606 g/mol. The maximum atomic E-state index is 14.1. The molecule has 0 amide bonds. The van der Waals surface area contributed by atoms with Crippen LogP contribution < -0.4 is 10.7 Å². The van der Waals surface area contributed by atoms with Crippen LogP contribution in [0.15, 0.2) is 80.3 Å².